The van der Waals surface area contributed by atoms with E-state index >= 15 is 0 Å². The molecule has 0 aliphatic heterocycles. The van der Waals surface area contributed by atoms with Crippen LogP contribution in [0.3, 0.4) is 0 Å². The van der Waals surface area contributed by atoms with Crippen molar-refractivity contribution in [2.24, 2.45) is 11.8 Å². The first-order valence-corrected chi connectivity index (χ1v) is 7.96. The van der Waals surface area contributed by atoms with E-state index in [0.29, 0.717) is 13.2 Å². The number of ether oxygens (including phenoxy) is 2. The van der Waals surface area contributed by atoms with Crippen LogP contribution in [0.5, 0.6) is 11.5 Å². The fraction of sp³-hybridized carbons (Fsp3) is 0.647. The maximum Gasteiger partial charge on any atom is 0.161 e. The molecule has 2 saturated carbocycles. The van der Waals surface area contributed by atoms with Crippen LogP contribution in [0, 0.1) is 11.8 Å². The summed E-state index contributed by atoms with van der Waals surface area (Å²) in [6.45, 7) is 4.30. The third kappa shape index (κ3) is 3.66. The Morgan fingerprint density at radius 3 is 2.20 bits per heavy atom. The van der Waals surface area contributed by atoms with Gasteiger partial charge >= 0.3 is 0 Å². The molecule has 1 N–H and O–H groups in total. The zero-order chi connectivity index (χ0) is 13.8. The lowest BCUT2D eigenvalue weighted by Gasteiger charge is -2.18. The second-order valence-electron chi connectivity index (χ2n) is 5.88. The Morgan fingerprint density at radius 1 is 1.05 bits per heavy atom. The molecule has 0 aromatic heterocycles. The zero-order valence-electron chi connectivity index (χ0n) is 12.3. The van der Waals surface area contributed by atoms with Crippen molar-refractivity contribution in [3.8, 4) is 11.5 Å². The molecular weight excluding hydrogens is 250 g/mol. The van der Waals surface area contributed by atoms with Gasteiger partial charge in [0, 0.05) is 12.6 Å². The number of hydrogen-bond acceptors (Lipinski definition) is 3. The summed E-state index contributed by atoms with van der Waals surface area (Å²) in [6, 6.07) is 8.66. The summed E-state index contributed by atoms with van der Waals surface area (Å²) in [5.74, 6) is 3.58. The number of benzene rings is 1. The van der Waals surface area contributed by atoms with Crippen LogP contribution in [0.1, 0.15) is 32.6 Å². The summed E-state index contributed by atoms with van der Waals surface area (Å²) in [5, 5.41) is 3.70. The highest BCUT2D eigenvalue weighted by molar-refractivity contribution is 5.39. The van der Waals surface area contributed by atoms with Gasteiger partial charge in [-0.15, -0.1) is 0 Å². The molecule has 0 unspecified atom stereocenters. The maximum absolute atomic E-state index is 5.85. The largest absolute Gasteiger partial charge is 0.490 e. The van der Waals surface area contributed by atoms with Crippen LogP contribution in [0.25, 0.3) is 0 Å². The molecule has 1 aromatic carbocycles. The number of hydrogen-bond donors (Lipinski definition) is 1. The van der Waals surface area contributed by atoms with Gasteiger partial charge in [-0.3, -0.25) is 0 Å². The van der Waals surface area contributed by atoms with Gasteiger partial charge in [-0.25, -0.2) is 0 Å². The highest BCUT2D eigenvalue weighted by Crippen LogP contribution is 2.44. The standard InChI is InChI=1S/C17H25NO2/c1-2-19-15-5-3-4-6-16(15)20-12-11-18-17(13-7-8-13)14-9-10-14/h3-6,13-14,17-18H,2,7-12H2,1H3. The van der Waals surface area contributed by atoms with Gasteiger partial charge in [-0.2, -0.15) is 0 Å². The average Bonchev–Trinajstić information content (AvgIpc) is 3.34. The molecule has 0 heterocycles. The van der Waals surface area contributed by atoms with Gasteiger partial charge in [-0.05, 0) is 56.6 Å². The molecule has 2 aliphatic rings. The van der Waals surface area contributed by atoms with Crippen LogP contribution in [0.15, 0.2) is 24.3 Å². The van der Waals surface area contributed by atoms with Crippen molar-refractivity contribution in [3.05, 3.63) is 24.3 Å². The molecule has 2 aliphatic carbocycles. The van der Waals surface area contributed by atoms with Crippen molar-refractivity contribution in [2.45, 2.75) is 38.6 Å². The summed E-state index contributed by atoms with van der Waals surface area (Å²) in [5.41, 5.74) is 0. The first kappa shape index (κ1) is 13.7. The van der Waals surface area contributed by atoms with Gasteiger partial charge in [0.2, 0.25) is 0 Å². The molecule has 110 valence electrons. The SMILES string of the molecule is CCOc1ccccc1OCCNC(C1CC1)C1CC1. The fourth-order valence-electron chi connectivity index (χ4n) is 2.86. The Bertz CT molecular complexity index is 415. The first-order valence-electron chi connectivity index (χ1n) is 7.96. The van der Waals surface area contributed by atoms with E-state index in [-0.39, 0.29) is 0 Å². The summed E-state index contributed by atoms with van der Waals surface area (Å²) in [7, 11) is 0. The molecule has 3 rings (SSSR count). The van der Waals surface area contributed by atoms with Crippen LogP contribution < -0.4 is 14.8 Å². The van der Waals surface area contributed by atoms with Crippen LogP contribution in [0.4, 0.5) is 0 Å². The quantitative estimate of drug-likeness (QED) is 0.702. The van der Waals surface area contributed by atoms with Crippen molar-refractivity contribution in [1.29, 1.82) is 0 Å². The van der Waals surface area contributed by atoms with E-state index in [0.717, 1.165) is 35.9 Å². The van der Waals surface area contributed by atoms with Gasteiger partial charge in [0.1, 0.15) is 6.61 Å². The number of nitrogens with one attached hydrogen (secondary N) is 1. The van der Waals surface area contributed by atoms with Crippen LogP contribution in [0.2, 0.25) is 0 Å². The number of rotatable bonds is 9. The van der Waals surface area contributed by atoms with Gasteiger partial charge in [0.25, 0.3) is 0 Å². The van der Waals surface area contributed by atoms with Crippen molar-refractivity contribution in [2.75, 3.05) is 19.8 Å². The van der Waals surface area contributed by atoms with E-state index in [9.17, 15) is 0 Å². The van der Waals surface area contributed by atoms with Crippen molar-refractivity contribution >= 4 is 0 Å². The van der Waals surface area contributed by atoms with E-state index in [4.69, 9.17) is 9.47 Å². The Balaban J connectivity index is 1.42. The predicted molar refractivity (Wildman–Crippen MR) is 80.3 cm³/mol. The van der Waals surface area contributed by atoms with Gasteiger partial charge in [0.05, 0.1) is 6.61 Å². The molecule has 0 amide bonds. The second kappa shape index (κ2) is 6.49. The molecule has 0 saturated heterocycles. The topological polar surface area (TPSA) is 30.5 Å². The third-order valence-electron chi connectivity index (χ3n) is 4.15. The number of para-hydroxylation sites is 2. The van der Waals surface area contributed by atoms with Gasteiger partial charge in [-0.1, -0.05) is 12.1 Å². The monoisotopic (exact) mass is 275 g/mol. The molecule has 1 aromatic rings. The molecule has 3 nitrogen and oxygen atoms in total. The Labute approximate surface area is 121 Å². The van der Waals surface area contributed by atoms with E-state index in [1.54, 1.807) is 0 Å². The minimum Gasteiger partial charge on any atom is -0.490 e. The van der Waals surface area contributed by atoms with Gasteiger partial charge in [0.15, 0.2) is 11.5 Å². The lowest BCUT2D eigenvalue weighted by molar-refractivity contribution is 0.266. The second-order valence-corrected chi connectivity index (χ2v) is 5.88. The Morgan fingerprint density at radius 2 is 1.65 bits per heavy atom. The minimum atomic E-state index is 0.671. The molecule has 2 fully saturated rings. The Hall–Kier alpha value is -1.22. The Kier molecular flexibility index (Phi) is 4.46. The highest BCUT2D eigenvalue weighted by atomic mass is 16.5. The van der Waals surface area contributed by atoms with Gasteiger partial charge < -0.3 is 14.8 Å². The van der Waals surface area contributed by atoms with Crippen molar-refractivity contribution in [3.63, 3.8) is 0 Å². The van der Waals surface area contributed by atoms with E-state index in [1.165, 1.54) is 25.7 Å². The molecule has 0 radical (unpaired) electrons. The highest BCUT2D eigenvalue weighted by Gasteiger charge is 2.40. The lowest BCUT2D eigenvalue weighted by atomic mass is 10.1. The van der Waals surface area contributed by atoms with Crippen LogP contribution >= 0.6 is 0 Å². The van der Waals surface area contributed by atoms with Crippen molar-refractivity contribution < 1.29 is 9.47 Å². The average molecular weight is 275 g/mol. The maximum atomic E-state index is 5.85. The lowest BCUT2D eigenvalue weighted by Crippen LogP contribution is -2.36. The van der Waals surface area contributed by atoms with Crippen LogP contribution in [-0.2, 0) is 0 Å². The van der Waals surface area contributed by atoms with E-state index in [1.807, 2.05) is 31.2 Å². The van der Waals surface area contributed by atoms with Crippen LogP contribution in [-0.4, -0.2) is 25.8 Å². The first-order chi connectivity index (χ1) is 9.88. The molecule has 0 bridgehead atoms. The fourth-order valence-corrected chi connectivity index (χ4v) is 2.86. The van der Waals surface area contributed by atoms with Crippen molar-refractivity contribution in [1.82, 2.24) is 5.32 Å². The third-order valence-corrected chi connectivity index (χ3v) is 4.15. The van der Waals surface area contributed by atoms with E-state index in [2.05, 4.69) is 5.32 Å². The normalized spacial score (nSPS) is 18.3. The molecule has 0 spiro atoms. The predicted octanol–water partition coefficient (Wildman–Crippen LogP) is 3.24. The molecule has 20 heavy (non-hydrogen) atoms. The molecule has 0 atom stereocenters. The minimum absolute atomic E-state index is 0.671. The zero-order valence-corrected chi connectivity index (χ0v) is 12.3. The van der Waals surface area contributed by atoms with E-state index < -0.39 is 0 Å². The molecule has 3 heteroatoms. The summed E-state index contributed by atoms with van der Waals surface area (Å²) in [4.78, 5) is 0. The summed E-state index contributed by atoms with van der Waals surface area (Å²) < 4.78 is 11.4. The summed E-state index contributed by atoms with van der Waals surface area (Å²) >= 11 is 0. The molecular formula is C17H25NO2. The smallest absolute Gasteiger partial charge is 0.161 e. The summed E-state index contributed by atoms with van der Waals surface area (Å²) in [6.07, 6.45) is 5.68.